The summed E-state index contributed by atoms with van der Waals surface area (Å²) in [6, 6.07) is 12.0. The average Bonchev–Trinajstić information content (AvgIpc) is 2.70. The van der Waals surface area contributed by atoms with Crippen LogP contribution in [0.4, 0.5) is 5.69 Å². The van der Waals surface area contributed by atoms with Gasteiger partial charge in [-0.1, -0.05) is 29.8 Å². The van der Waals surface area contributed by atoms with Crippen molar-refractivity contribution in [2.45, 2.75) is 38.5 Å². The number of amides is 1. The first kappa shape index (κ1) is 21.2. The molecule has 1 amide bonds. The summed E-state index contributed by atoms with van der Waals surface area (Å²) >= 11 is 0. The predicted molar refractivity (Wildman–Crippen MR) is 112 cm³/mol. The molecule has 0 aromatic heterocycles. The SMILES string of the molecule is CC(=O)c1cccc(S(=O)(=O)N2CCC(C(=O)Nc3ccc(C)cc3C)CC2)c1. The van der Waals surface area contributed by atoms with Gasteiger partial charge >= 0.3 is 0 Å². The van der Waals surface area contributed by atoms with Crippen molar-refractivity contribution in [1.82, 2.24) is 4.31 Å². The highest BCUT2D eigenvalue weighted by atomic mass is 32.2. The fourth-order valence-corrected chi connectivity index (χ4v) is 5.09. The first-order valence-corrected chi connectivity index (χ1v) is 11.1. The highest BCUT2D eigenvalue weighted by molar-refractivity contribution is 7.89. The van der Waals surface area contributed by atoms with Gasteiger partial charge < -0.3 is 5.32 Å². The second-order valence-electron chi connectivity index (χ2n) is 7.57. The van der Waals surface area contributed by atoms with Gasteiger partial charge in [0, 0.05) is 30.3 Å². The quantitative estimate of drug-likeness (QED) is 0.759. The fraction of sp³-hybridized carbons (Fsp3) is 0.364. The molecule has 1 heterocycles. The fourth-order valence-electron chi connectivity index (χ4n) is 3.57. The number of anilines is 1. The molecule has 1 aliphatic heterocycles. The number of nitrogens with zero attached hydrogens (tertiary/aromatic N) is 1. The zero-order valence-corrected chi connectivity index (χ0v) is 17.8. The summed E-state index contributed by atoms with van der Waals surface area (Å²) in [7, 11) is -3.69. The van der Waals surface area contributed by atoms with Crippen molar-refractivity contribution in [3.63, 3.8) is 0 Å². The van der Waals surface area contributed by atoms with E-state index in [2.05, 4.69) is 5.32 Å². The van der Waals surface area contributed by atoms with Gasteiger partial charge in [-0.05, 0) is 57.4 Å². The number of aryl methyl sites for hydroxylation is 2. The molecule has 6 nitrogen and oxygen atoms in total. The Morgan fingerprint density at radius 1 is 1.03 bits per heavy atom. The van der Waals surface area contributed by atoms with Crippen molar-refractivity contribution in [2.75, 3.05) is 18.4 Å². The van der Waals surface area contributed by atoms with Crippen LogP contribution in [-0.2, 0) is 14.8 Å². The minimum absolute atomic E-state index is 0.0763. The van der Waals surface area contributed by atoms with Crippen LogP contribution in [0.25, 0.3) is 0 Å². The molecule has 0 bridgehead atoms. The molecule has 1 N–H and O–H groups in total. The largest absolute Gasteiger partial charge is 0.326 e. The maximum Gasteiger partial charge on any atom is 0.243 e. The van der Waals surface area contributed by atoms with Gasteiger partial charge in [-0.15, -0.1) is 0 Å². The van der Waals surface area contributed by atoms with E-state index in [1.165, 1.54) is 23.4 Å². The normalized spacial score (nSPS) is 15.8. The van der Waals surface area contributed by atoms with E-state index in [-0.39, 0.29) is 35.6 Å². The van der Waals surface area contributed by atoms with Crippen LogP contribution in [0.2, 0.25) is 0 Å². The summed E-state index contributed by atoms with van der Waals surface area (Å²) in [4.78, 5) is 24.3. The molecule has 1 aliphatic rings. The Bertz CT molecular complexity index is 1040. The third kappa shape index (κ3) is 4.74. The third-order valence-electron chi connectivity index (χ3n) is 5.34. The molecule has 154 valence electrons. The summed E-state index contributed by atoms with van der Waals surface area (Å²) in [5.41, 5.74) is 3.29. The smallest absolute Gasteiger partial charge is 0.243 e. The van der Waals surface area contributed by atoms with Gasteiger partial charge in [0.05, 0.1) is 4.90 Å². The first-order chi connectivity index (χ1) is 13.7. The molecule has 1 fully saturated rings. The number of sulfonamides is 1. The van der Waals surface area contributed by atoms with Crippen molar-refractivity contribution >= 4 is 27.4 Å². The molecule has 0 spiro atoms. The number of hydrogen-bond acceptors (Lipinski definition) is 4. The Labute approximate surface area is 172 Å². The number of carbonyl (C=O) groups is 2. The minimum atomic E-state index is -3.69. The van der Waals surface area contributed by atoms with E-state index in [1.807, 2.05) is 32.0 Å². The van der Waals surface area contributed by atoms with Crippen molar-refractivity contribution < 1.29 is 18.0 Å². The van der Waals surface area contributed by atoms with Gasteiger partial charge in [0.25, 0.3) is 0 Å². The van der Waals surface area contributed by atoms with E-state index in [9.17, 15) is 18.0 Å². The highest BCUT2D eigenvalue weighted by Gasteiger charge is 2.32. The zero-order chi connectivity index (χ0) is 21.2. The Balaban J connectivity index is 1.65. The molecule has 0 aliphatic carbocycles. The van der Waals surface area contributed by atoms with E-state index in [4.69, 9.17) is 0 Å². The minimum Gasteiger partial charge on any atom is -0.326 e. The zero-order valence-electron chi connectivity index (χ0n) is 16.9. The maximum absolute atomic E-state index is 12.9. The van der Waals surface area contributed by atoms with Gasteiger partial charge in [-0.25, -0.2) is 8.42 Å². The van der Waals surface area contributed by atoms with Crippen LogP contribution in [0, 0.1) is 19.8 Å². The molecule has 7 heteroatoms. The highest BCUT2D eigenvalue weighted by Crippen LogP contribution is 2.26. The number of ketones is 1. The second kappa shape index (κ2) is 8.47. The van der Waals surface area contributed by atoms with Gasteiger partial charge in [-0.2, -0.15) is 4.31 Å². The summed E-state index contributed by atoms with van der Waals surface area (Å²) in [6.07, 6.45) is 0.921. The Hall–Kier alpha value is -2.51. The lowest BCUT2D eigenvalue weighted by atomic mass is 9.97. The maximum atomic E-state index is 12.9. The molecular formula is C22H26N2O4S. The van der Waals surface area contributed by atoms with Crippen LogP contribution in [-0.4, -0.2) is 37.5 Å². The molecule has 1 saturated heterocycles. The monoisotopic (exact) mass is 414 g/mol. The molecule has 0 unspecified atom stereocenters. The topological polar surface area (TPSA) is 83.6 Å². The Kier molecular flexibility index (Phi) is 6.19. The molecule has 0 atom stereocenters. The number of hydrogen-bond donors (Lipinski definition) is 1. The van der Waals surface area contributed by atoms with E-state index in [1.54, 1.807) is 12.1 Å². The number of piperidine rings is 1. The van der Waals surface area contributed by atoms with Crippen molar-refractivity contribution in [1.29, 1.82) is 0 Å². The van der Waals surface area contributed by atoms with Gasteiger partial charge in [0.1, 0.15) is 0 Å². The lowest BCUT2D eigenvalue weighted by molar-refractivity contribution is -0.120. The van der Waals surface area contributed by atoms with Crippen molar-refractivity contribution in [2.24, 2.45) is 5.92 Å². The third-order valence-corrected chi connectivity index (χ3v) is 7.24. The van der Waals surface area contributed by atoms with E-state index >= 15 is 0 Å². The van der Waals surface area contributed by atoms with Crippen molar-refractivity contribution in [3.8, 4) is 0 Å². The van der Waals surface area contributed by atoms with Crippen LogP contribution in [0.15, 0.2) is 47.4 Å². The van der Waals surface area contributed by atoms with Gasteiger partial charge in [0.2, 0.25) is 15.9 Å². The molecule has 29 heavy (non-hydrogen) atoms. The summed E-state index contributed by atoms with van der Waals surface area (Å²) in [5, 5.41) is 2.97. The van der Waals surface area contributed by atoms with Gasteiger partial charge in [0.15, 0.2) is 5.78 Å². The summed E-state index contributed by atoms with van der Waals surface area (Å²) in [5.74, 6) is -0.484. The number of nitrogens with one attached hydrogen (secondary N) is 1. The molecule has 2 aromatic carbocycles. The molecular weight excluding hydrogens is 388 g/mol. The van der Waals surface area contributed by atoms with E-state index in [0.717, 1.165) is 16.8 Å². The number of rotatable bonds is 5. The number of benzene rings is 2. The van der Waals surface area contributed by atoms with Crippen LogP contribution < -0.4 is 5.32 Å². The Morgan fingerprint density at radius 3 is 2.34 bits per heavy atom. The van der Waals surface area contributed by atoms with E-state index in [0.29, 0.717) is 18.4 Å². The van der Waals surface area contributed by atoms with Crippen LogP contribution >= 0.6 is 0 Å². The number of Topliss-reactive ketones (excluding diaryl/α,β-unsaturated/α-hetero) is 1. The predicted octanol–water partition coefficient (Wildman–Crippen LogP) is 3.55. The standard InChI is InChI=1S/C22H26N2O4S/c1-15-7-8-21(16(2)13-15)23-22(26)18-9-11-24(12-10-18)29(27,28)20-6-4-5-19(14-20)17(3)25/h4-8,13-14,18H,9-12H2,1-3H3,(H,23,26). The Morgan fingerprint density at radius 2 is 1.72 bits per heavy atom. The average molecular weight is 415 g/mol. The lowest BCUT2D eigenvalue weighted by Crippen LogP contribution is -2.41. The number of carbonyl (C=O) groups excluding carboxylic acids is 2. The molecule has 0 radical (unpaired) electrons. The van der Waals surface area contributed by atoms with Crippen LogP contribution in [0.1, 0.15) is 41.3 Å². The lowest BCUT2D eigenvalue weighted by Gasteiger charge is -2.30. The van der Waals surface area contributed by atoms with Crippen LogP contribution in [0.5, 0.6) is 0 Å². The molecule has 2 aromatic rings. The summed E-state index contributed by atoms with van der Waals surface area (Å²) < 4.78 is 27.2. The first-order valence-electron chi connectivity index (χ1n) is 9.68. The van der Waals surface area contributed by atoms with Gasteiger partial charge in [-0.3, -0.25) is 9.59 Å². The molecule has 0 saturated carbocycles. The summed E-state index contributed by atoms with van der Waals surface area (Å²) in [6.45, 7) is 5.91. The van der Waals surface area contributed by atoms with Crippen molar-refractivity contribution in [3.05, 3.63) is 59.2 Å². The van der Waals surface area contributed by atoms with E-state index < -0.39 is 10.0 Å². The van der Waals surface area contributed by atoms with Crippen LogP contribution in [0.3, 0.4) is 0 Å². The second-order valence-corrected chi connectivity index (χ2v) is 9.51. The molecule has 3 rings (SSSR count).